The van der Waals surface area contributed by atoms with Gasteiger partial charge in [-0.3, -0.25) is 9.48 Å². The summed E-state index contributed by atoms with van der Waals surface area (Å²) in [5, 5.41) is 17.6. The van der Waals surface area contributed by atoms with Gasteiger partial charge in [-0.2, -0.15) is 5.10 Å². The monoisotopic (exact) mass is 321 g/mol. The number of hydrogen-bond donors (Lipinski definition) is 2. The predicted molar refractivity (Wildman–Crippen MR) is 91.3 cm³/mol. The largest absolute Gasteiger partial charge is 0.391 e. The molecule has 5 heteroatoms. The Morgan fingerprint density at radius 1 is 1.35 bits per heavy atom. The fourth-order valence-corrected chi connectivity index (χ4v) is 3.42. The Bertz CT molecular complexity index is 537. The molecule has 0 aliphatic heterocycles. The second-order valence-corrected chi connectivity index (χ2v) is 7.25. The van der Waals surface area contributed by atoms with Gasteiger partial charge < -0.3 is 10.4 Å². The van der Waals surface area contributed by atoms with E-state index in [-0.39, 0.29) is 18.1 Å². The van der Waals surface area contributed by atoms with Crippen molar-refractivity contribution in [3.8, 4) is 0 Å². The number of nitrogens with zero attached hydrogens (tertiary/aromatic N) is 2. The third kappa shape index (κ3) is 4.80. The number of carbonyl (C=O) groups excluding carboxylic acids is 1. The molecule has 1 heterocycles. The first-order valence-electron chi connectivity index (χ1n) is 8.88. The van der Waals surface area contributed by atoms with Crippen LogP contribution in [0.5, 0.6) is 0 Å². The molecule has 0 bridgehead atoms. The summed E-state index contributed by atoms with van der Waals surface area (Å²) < 4.78 is 2.05. The fraction of sp³-hybridized carbons (Fsp3) is 0.778. The highest BCUT2D eigenvalue weighted by molar-refractivity contribution is 5.76. The third-order valence-corrected chi connectivity index (χ3v) is 4.75. The van der Waals surface area contributed by atoms with Crippen molar-refractivity contribution in [1.82, 2.24) is 15.1 Å². The SMILES string of the molecule is Cc1nn(CC(C)C)c(C)c1CCC(=O)NC1CCCCC1O. The normalized spacial score (nSPS) is 21.7. The lowest BCUT2D eigenvalue weighted by atomic mass is 9.92. The molecular weight excluding hydrogens is 290 g/mol. The smallest absolute Gasteiger partial charge is 0.220 e. The van der Waals surface area contributed by atoms with Crippen LogP contribution in [0.25, 0.3) is 0 Å². The summed E-state index contributed by atoms with van der Waals surface area (Å²) in [6.07, 6.45) is 4.61. The van der Waals surface area contributed by atoms with E-state index in [0.29, 0.717) is 18.8 Å². The number of aryl methyl sites for hydroxylation is 1. The van der Waals surface area contributed by atoms with Crippen molar-refractivity contribution >= 4 is 5.91 Å². The number of amides is 1. The van der Waals surface area contributed by atoms with Crippen LogP contribution in [0.4, 0.5) is 0 Å². The Morgan fingerprint density at radius 2 is 2.04 bits per heavy atom. The minimum absolute atomic E-state index is 0.0337. The lowest BCUT2D eigenvalue weighted by Crippen LogP contribution is -2.45. The van der Waals surface area contributed by atoms with Crippen LogP contribution in [-0.2, 0) is 17.8 Å². The molecule has 23 heavy (non-hydrogen) atoms. The number of aliphatic hydroxyl groups is 1. The molecule has 1 aromatic rings. The van der Waals surface area contributed by atoms with Gasteiger partial charge in [-0.1, -0.05) is 26.7 Å². The topological polar surface area (TPSA) is 67.2 Å². The zero-order chi connectivity index (χ0) is 17.0. The van der Waals surface area contributed by atoms with Gasteiger partial charge in [0, 0.05) is 18.7 Å². The van der Waals surface area contributed by atoms with Gasteiger partial charge in [0.25, 0.3) is 0 Å². The van der Waals surface area contributed by atoms with Crippen LogP contribution in [0.2, 0.25) is 0 Å². The molecule has 2 N–H and O–H groups in total. The minimum atomic E-state index is -0.384. The van der Waals surface area contributed by atoms with Gasteiger partial charge in [0.2, 0.25) is 5.91 Å². The van der Waals surface area contributed by atoms with Gasteiger partial charge >= 0.3 is 0 Å². The van der Waals surface area contributed by atoms with Gasteiger partial charge in [0.05, 0.1) is 17.8 Å². The van der Waals surface area contributed by atoms with Crippen LogP contribution < -0.4 is 5.32 Å². The molecule has 0 aromatic carbocycles. The van der Waals surface area contributed by atoms with Crippen LogP contribution in [-0.4, -0.2) is 32.9 Å². The average Bonchev–Trinajstić information content (AvgIpc) is 2.73. The number of rotatable bonds is 6. The number of hydrogen-bond acceptors (Lipinski definition) is 3. The van der Waals surface area contributed by atoms with Crippen LogP contribution in [0.3, 0.4) is 0 Å². The molecule has 0 spiro atoms. The van der Waals surface area contributed by atoms with Crippen molar-refractivity contribution in [3.05, 3.63) is 17.0 Å². The highest BCUT2D eigenvalue weighted by Gasteiger charge is 2.24. The van der Waals surface area contributed by atoms with Crippen molar-refractivity contribution in [2.45, 2.75) is 84.9 Å². The Morgan fingerprint density at radius 3 is 2.70 bits per heavy atom. The van der Waals surface area contributed by atoms with E-state index in [9.17, 15) is 9.90 Å². The van der Waals surface area contributed by atoms with E-state index in [0.717, 1.165) is 37.9 Å². The summed E-state index contributed by atoms with van der Waals surface area (Å²) in [6, 6.07) is -0.0675. The predicted octanol–water partition coefficient (Wildman–Crippen LogP) is 2.51. The van der Waals surface area contributed by atoms with Gasteiger partial charge in [0.15, 0.2) is 0 Å². The quantitative estimate of drug-likeness (QED) is 0.846. The second kappa shape index (κ2) is 7.95. The van der Waals surface area contributed by atoms with Gasteiger partial charge in [-0.15, -0.1) is 0 Å². The Balaban J connectivity index is 1.90. The maximum atomic E-state index is 12.2. The van der Waals surface area contributed by atoms with Crippen LogP contribution in [0, 0.1) is 19.8 Å². The molecule has 1 aliphatic carbocycles. The third-order valence-electron chi connectivity index (χ3n) is 4.75. The highest BCUT2D eigenvalue weighted by atomic mass is 16.3. The zero-order valence-electron chi connectivity index (χ0n) is 14.9. The van der Waals surface area contributed by atoms with Crippen molar-refractivity contribution < 1.29 is 9.90 Å². The number of aliphatic hydroxyl groups excluding tert-OH is 1. The summed E-state index contributed by atoms with van der Waals surface area (Å²) in [7, 11) is 0. The maximum Gasteiger partial charge on any atom is 0.220 e. The molecule has 1 fully saturated rings. The summed E-state index contributed by atoms with van der Waals surface area (Å²) in [5.74, 6) is 0.586. The lowest BCUT2D eigenvalue weighted by Gasteiger charge is -2.28. The van der Waals surface area contributed by atoms with Crippen LogP contribution in [0.1, 0.15) is 62.9 Å². The molecular formula is C18H31N3O2. The fourth-order valence-electron chi connectivity index (χ4n) is 3.42. The molecule has 2 unspecified atom stereocenters. The Labute approximate surface area is 139 Å². The maximum absolute atomic E-state index is 12.2. The molecule has 130 valence electrons. The number of aromatic nitrogens is 2. The van der Waals surface area contributed by atoms with Crippen LogP contribution >= 0.6 is 0 Å². The average molecular weight is 321 g/mol. The van der Waals surface area contributed by atoms with Gasteiger partial charge in [0.1, 0.15) is 0 Å². The van der Waals surface area contributed by atoms with Gasteiger partial charge in [-0.05, 0) is 44.6 Å². The van der Waals surface area contributed by atoms with E-state index >= 15 is 0 Å². The summed E-state index contributed by atoms with van der Waals surface area (Å²) in [6.45, 7) is 9.37. The van der Waals surface area contributed by atoms with Crippen molar-refractivity contribution in [2.75, 3.05) is 0 Å². The second-order valence-electron chi connectivity index (χ2n) is 7.25. The summed E-state index contributed by atoms with van der Waals surface area (Å²) >= 11 is 0. The zero-order valence-corrected chi connectivity index (χ0v) is 14.9. The molecule has 1 saturated carbocycles. The summed E-state index contributed by atoms with van der Waals surface area (Å²) in [4.78, 5) is 12.2. The minimum Gasteiger partial charge on any atom is -0.391 e. The molecule has 2 atom stereocenters. The van der Waals surface area contributed by atoms with E-state index in [2.05, 4.69) is 35.9 Å². The van der Waals surface area contributed by atoms with E-state index in [1.54, 1.807) is 0 Å². The van der Waals surface area contributed by atoms with Crippen molar-refractivity contribution in [3.63, 3.8) is 0 Å². The first kappa shape index (κ1) is 18.0. The highest BCUT2D eigenvalue weighted by Crippen LogP contribution is 2.19. The van der Waals surface area contributed by atoms with Crippen molar-refractivity contribution in [1.29, 1.82) is 0 Å². The van der Waals surface area contributed by atoms with Crippen molar-refractivity contribution in [2.24, 2.45) is 5.92 Å². The van der Waals surface area contributed by atoms with E-state index in [4.69, 9.17) is 0 Å². The van der Waals surface area contributed by atoms with Gasteiger partial charge in [-0.25, -0.2) is 0 Å². The summed E-state index contributed by atoms with van der Waals surface area (Å²) in [5.41, 5.74) is 3.38. The molecule has 2 rings (SSSR count). The van der Waals surface area contributed by atoms with E-state index in [1.165, 1.54) is 11.3 Å². The lowest BCUT2D eigenvalue weighted by molar-refractivity contribution is -0.123. The number of nitrogens with one attached hydrogen (secondary N) is 1. The first-order chi connectivity index (χ1) is 10.9. The Kier molecular flexibility index (Phi) is 6.22. The molecule has 0 radical (unpaired) electrons. The van der Waals surface area contributed by atoms with Crippen LogP contribution in [0.15, 0.2) is 0 Å². The molecule has 1 aliphatic rings. The molecule has 1 aromatic heterocycles. The van der Waals surface area contributed by atoms with E-state index in [1.807, 2.05) is 6.92 Å². The standard InChI is InChI=1S/C18H31N3O2/c1-12(2)11-21-14(4)15(13(3)20-21)9-10-18(23)19-16-7-5-6-8-17(16)22/h12,16-17,22H,5-11H2,1-4H3,(H,19,23). The van der Waals surface area contributed by atoms with E-state index < -0.39 is 0 Å². The molecule has 0 saturated heterocycles. The molecule has 1 amide bonds. The number of carbonyl (C=O) groups is 1. The Hall–Kier alpha value is -1.36. The molecule has 5 nitrogen and oxygen atoms in total. The first-order valence-corrected chi connectivity index (χ1v) is 8.88.